The average Bonchev–Trinajstić information content (AvgIpc) is 1.94. The molecule has 1 rings (SSSR count). The number of aliphatic hydroxyl groups excluding tert-OH is 1. The van der Waals surface area contributed by atoms with E-state index < -0.39 is 0 Å². The highest BCUT2D eigenvalue weighted by atomic mass is 16.5. The van der Waals surface area contributed by atoms with E-state index in [0.717, 1.165) is 25.9 Å². The number of ether oxygens (including phenoxy) is 1. The summed E-state index contributed by atoms with van der Waals surface area (Å²) in [5, 5.41) is 8.96. The van der Waals surface area contributed by atoms with Crippen molar-refractivity contribution in [1.82, 2.24) is 0 Å². The van der Waals surface area contributed by atoms with Gasteiger partial charge in [-0.25, -0.2) is 0 Å². The van der Waals surface area contributed by atoms with E-state index in [2.05, 4.69) is 0 Å². The Morgan fingerprint density at radius 1 is 1.38 bits per heavy atom. The van der Waals surface area contributed by atoms with Gasteiger partial charge in [-0.2, -0.15) is 0 Å². The quantitative estimate of drug-likeness (QED) is 0.500. The second-order valence-corrected chi connectivity index (χ2v) is 2.22. The Kier molecular flexibility index (Phi) is 2.30. The maximum absolute atomic E-state index is 8.96. The Morgan fingerprint density at radius 3 is 3.12 bits per heavy atom. The van der Waals surface area contributed by atoms with Gasteiger partial charge in [-0.15, -0.1) is 0 Å². The average molecular weight is 116 g/mol. The minimum Gasteiger partial charge on any atom is -0.391 e. The molecule has 48 valence electrons. The third-order valence-corrected chi connectivity index (χ3v) is 1.39. The highest BCUT2D eigenvalue weighted by Crippen LogP contribution is 2.06. The Bertz CT molecular complexity index is 55.5. The van der Waals surface area contributed by atoms with Crippen LogP contribution in [0.25, 0.3) is 0 Å². The number of rotatable bonds is 0. The smallest absolute Gasteiger partial charge is 0.0773 e. The molecule has 1 aliphatic rings. The molecule has 1 heterocycles. The Hall–Kier alpha value is -0.0800. The molecule has 1 saturated heterocycles. The molecule has 1 N–H and O–H groups in total. The minimum atomic E-state index is -0.197. The molecule has 0 aromatic carbocycles. The molecule has 0 aromatic rings. The van der Waals surface area contributed by atoms with E-state index in [0.29, 0.717) is 6.61 Å². The normalized spacial score (nSPS) is 31.9. The van der Waals surface area contributed by atoms with E-state index in [4.69, 9.17) is 9.84 Å². The van der Waals surface area contributed by atoms with E-state index in [-0.39, 0.29) is 6.10 Å². The molecule has 2 nitrogen and oxygen atoms in total. The Balaban J connectivity index is 2.17. The van der Waals surface area contributed by atoms with Gasteiger partial charge in [-0.3, -0.25) is 0 Å². The van der Waals surface area contributed by atoms with Crippen molar-refractivity contribution >= 4 is 0 Å². The molecule has 8 heavy (non-hydrogen) atoms. The lowest BCUT2D eigenvalue weighted by atomic mass is 10.2. The van der Waals surface area contributed by atoms with Crippen LogP contribution in [0.1, 0.15) is 19.3 Å². The van der Waals surface area contributed by atoms with E-state index in [1.807, 2.05) is 0 Å². The summed E-state index contributed by atoms with van der Waals surface area (Å²) in [6, 6.07) is 0. The Morgan fingerprint density at radius 2 is 2.25 bits per heavy atom. The minimum absolute atomic E-state index is 0.197. The fraction of sp³-hybridized carbons (Fsp3) is 1.00. The summed E-state index contributed by atoms with van der Waals surface area (Å²) in [5.74, 6) is 0. The van der Waals surface area contributed by atoms with Crippen LogP contribution in [0.5, 0.6) is 0 Å². The van der Waals surface area contributed by atoms with Crippen LogP contribution in [-0.4, -0.2) is 24.4 Å². The summed E-state index contributed by atoms with van der Waals surface area (Å²) in [6.45, 7) is 1.37. The molecule has 0 spiro atoms. The van der Waals surface area contributed by atoms with Gasteiger partial charge in [-0.05, 0) is 19.3 Å². The molecule has 1 fully saturated rings. The molecule has 0 amide bonds. The van der Waals surface area contributed by atoms with E-state index in [1.165, 1.54) is 0 Å². The summed E-state index contributed by atoms with van der Waals surface area (Å²) in [6.07, 6.45) is 2.94. The topological polar surface area (TPSA) is 29.5 Å². The molecular weight excluding hydrogens is 104 g/mol. The molecule has 1 unspecified atom stereocenters. The predicted molar refractivity (Wildman–Crippen MR) is 30.7 cm³/mol. The molecule has 1 aliphatic heterocycles. The first kappa shape index (κ1) is 6.05. The maximum Gasteiger partial charge on any atom is 0.0773 e. The van der Waals surface area contributed by atoms with E-state index >= 15 is 0 Å². The largest absolute Gasteiger partial charge is 0.391 e. The Labute approximate surface area is 49.5 Å². The van der Waals surface area contributed by atoms with Crippen molar-refractivity contribution in [2.45, 2.75) is 25.4 Å². The molecule has 0 saturated carbocycles. The lowest BCUT2D eigenvalue weighted by Crippen LogP contribution is -2.11. The highest BCUT2D eigenvalue weighted by Gasteiger charge is 2.06. The summed E-state index contributed by atoms with van der Waals surface area (Å²) in [5.41, 5.74) is 0. The van der Waals surface area contributed by atoms with Crippen molar-refractivity contribution in [3.05, 3.63) is 0 Å². The molecule has 0 aliphatic carbocycles. The molecule has 1 atom stereocenters. The summed E-state index contributed by atoms with van der Waals surface area (Å²) in [4.78, 5) is 0. The van der Waals surface area contributed by atoms with Crippen LogP contribution < -0.4 is 0 Å². The third-order valence-electron chi connectivity index (χ3n) is 1.39. The van der Waals surface area contributed by atoms with Gasteiger partial charge in [-0.1, -0.05) is 0 Å². The first-order valence-corrected chi connectivity index (χ1v) is 3.15. The van der Waals surface area contributed by atoms with Gasteiger partial charge in [0.1, 0.15) is 0 Å². The van der Waals surface area contributed by atoms with Crippen LogP contribution in [0, 0.1) is 0 Å². The first-order valence-electron chi connectivity index (χ1n) is 3.15. The van der Waals surface area contributed by atoms with Gasteiger partial charge in [0.05, 0.1) is 12.7 Å². The van der Waals surface area contributed by atoms with Crippen LogP contribution in [0.4, 0.5) is 0 Å². The zero-order valence-corrected chi connectivity index (χ0v) is 4.97. The molecule has 0 aromatic heterocycles. The van der Waals surface area contributed by atoms with Crippen LogP contribution >= 0.6 is 0 Å². The maximum atomic E-state index is 8.96. The van der Waals surface area contributed by atoms with Crippen molar-refractivity contribution in [2.75, 3.05) is 13.2 Å². The fourth-order valence-electron chi connectivity index (χ4n) is 0.887. The molecule has 0 bridgehead atoms. The van der Waals surface area contributed by atoms with Crippen LogP contribution in [0.2, 0.25) is 0 Å². The predicted octanol–water partition coefficient (Wildman–Crippen LogP) is 0.548. The number of hydrogen-bond acceptors (Lipinski definition) is 2. The van der Waals surface area contributed by atoms with Crippen molar-refractivity contribution < 1.29 is 9.84 Å². The van der Waals surface area contributed by atoms with Crippen molar-refractivity contribution in [1.29, 1.82) is 0 Å². The van der Waals surface area contributed by atoms with E-state index in [9.17, 15) is 0 Å². The second kappa shape index (κ2) is 3.05. The van der Waals surface area contributed by atoms with Crippen LogP contribution in [0.3, 0.4) is 0 Å². The van der Waals surface area contributed by atoms with Crippen molar-refractivity contribution in [2.24, 2.45) is 0 Å². The number of hydrogen-bond donors (Lipinski definition) is 1. The van der Waals surface area contributed by atoms with Gasteiger partial charge in [0, 0.05) is 6.61 Å². The highest BCUT2D eigenvalue weighted by molar-refractivity contribution is 4.57. The molecule has 0 radical (unpaired) electrons. The SMILES string of the molecule is OC1CCCCOC1. The van der Waals surface area contributed by atoms with Gasteiger partial charge in [0.25, 0.3) is 0 Å². The zero-order chi connectivity index (χ0) is 5.82. The standard InChI is InChI=1S/C6H12O2/c7-6-3-1-2-4-8-5-6/h6-7H,1-5H2. The van der Waals surface area contributed by atoms with Gasteiger partial charge < -0.3 is 9.84 Å². The molecular formula is C6H12O2. The monoisotopic (exact) mass is 116 g/mol. The zero-order valence-electron chi connectivity index (χ0n) is 4.97. The van der Waals surface area contributed by atoms with Crippen LogP contribution in [-0.2, 0) is 4.74 Å². The lowest BCUT2D eigenvalue weighted by Gasteiger charge is -2.02. The van der Waals surface area contributed by atoms with Crippen molar-refractivity contribution in [3.63, 3.8) is 0 Å². The van der Waals surface area contributed by atoms with Crippen molar-refractivity contribution in [3.8, 4) is 0 Å². The summed E-state index contributed by atoms with van der Waals surface area (Å²) < 4.78 is 5.06. The second-order valence-electron chi connectivity index (χ2n) is 2.22. The summed E-state index contributed by atoms with van der Waals surface area (Å²) >= 11 is 0. The van der Waals surface area contributed by atoms with Crippen LogP contribution in [0.15, 0.2) is 0 Å². The first-order chi connectivity index (χ1) is 3.89. The fourth-order valence-corrected chi connectivity index (χ4v) is 0.887. The van der Waals surface area contributed by atoms with Gasteiger partial charge >= 0.3 is 0 Å². The number of aliphatic hydroxyl groups is 1. The lowest BCUT2D eigenvalue weighted by molar-refractivity contribution is 0.0512. The summed E-state index contributed by atoms with van der Waals surface area (Å²) in [7, 11) is 0. The van der Waals surface area contributed by atoms with Gasteiger partial charge in [0.2, 0.25) is 0 Å². The molecule has 2 heteroatoms. The third kappa shape index (κ3) is 1.80. The van der Waals surface area contributed by atoms with E-state index in [1.54, 1.807) is 0 Å². The van der Waals surface area contributed by atoms with Gasteiger partial charge in [0.15, 0.2) is 0 Å².